The molecule has 1 N–H and O–H groups in total. The van der Waals surface area contributed by atoms with Crippen LogP contribution in [0.25, 0.3) is 0 Å². The van der Waals surface area contributed by atoms with Crippen LogP contribution < -0.4 is 5.32 Å². The summed E-state index contributed by atoms with van der Waals surface area (Å²) in [5.74, 6) is -1.14. The fraction of sp³-hybridized carbons (Fsp3) is 0.400. The van der Waals surface area contributed by atoms with Crippen molar-refractivity contribution in [1.82, 2.24) is 10.2 Å². The summed E-state index contributed by atoms with van der Waals surface area (Å²) in [7, 11) is 0. The molecule has 0 aliphatic carbocycles. The zero-order valence-corrected chi connectivity index (χ0v) is 18.8. The topological polar surface area (TPSA) is 84.9 Å². The van der Waals surface area contributed by atoms with Crippen LogP contribution >= 0.6 is 0 Å². The second-order valence-electron chi connectivity index (χ2n) is 7.99. The molecule has 33 heavy (non-hydrogen) atoms. The van der Waals surface area contributed by atoms with E-state index in [4.69, 9.17) is 9.47 Å². The molecule has 1 heterocycles. The molecule has 0 spiro atoms. The highest BCUT2D eigenvalue weighted by Gasteiger charge is 2.35. The first-order chi connectivity index (χ1) is 15.9. The molecule has 0 radical (unpaired) electrons. The maximum absolute atomic E-state index is 13.6. The minimum atomic E-state index is -0.848. The van der Waals surface area contributed by atoms with Crippen molar-refractivity contribution in [2.45, 2.75) is 58.0 Å². The van der Waals surface area contributed by atoms with E-state index in [9.17, 15) is 18.8 Å². The van der Waals surface area contributed by atoms with Gasteiger partial charge in [-0.1, -0.05) is 36.4 Å². The van der Waals surface area contributed by atoms with Gasteiger partial charge < -0.3 is 14.4 Å². The number of hydrogen-bond acceptors (Lipinski definition) is 6. The molecular formula is C25H29FN2O5. The molecule has 0 unspecified atom stereocenters. The molecule has 0 saturated carbocycles. The number of nitrogens with one attached hydrogen (secondary N) is 1. The van der Waals surface area contributed by atoms with Crippen molar-refractivity contribution >= 4 is 18.3 Å². The van der Waals surface area contributed by atoms with Gasteiger partial charge >= 0.3 is 5.97 Å². The van der Waals surface area contributed by atoms with Crippen LogP contribution in [-0.2, 0) is 43.2 Å². The quantitative estimate of drug-likeness (QED) is 0.437. The lowest BCUT2D eigenvalue weighted by atomic mass is 9.97. The number of esters is 1. The number of aryl methyl sites for hydroxylation is 1. The Labute approximate surface area is 192 Å². The van der Waals surface area contributed by atoms with Crippen LogP contribution in [0.3, 0.4) is 0 Å². The number of fused-ring (bicyclic) bond motifs is 1. The van der Waals surface area contributed by atoms with E-state index in [1.807, 2.05) is 30.3 Å². The SMILES string of the molecule is CCOC(=O)[C@H](CCc1ccccc1)N[C@@H](C)C(=O)N1Cc2ccc(F)cc2C[C@H]1OC=O. The van der Waals surface area contributed by atoms with Gasteiger partial charge in [0.25, 0.3) is 6.47 Å². The molecule has 2 aromatic carbocycles. The van der Waals surface area contributed by atoms with Crippen molar-refractivity contribution in [2.24, 2.45) is 0 Å². The van der Waals surface area contributed by atoms with Crippen LogP contribution in [0.15, 0.2) is 48.5 Å². The number of ether oxygens (including phenoxy) is 2. The van der Waals surface area contributed by atoms with Crippen molar-refractivity contribution in [3.8, 4) is 0 Å². The Morgan fingerprint density at radius 2 is 1.97 bits per heavy atom. The summed E-state index contributed by atoms with van der Waals surface area (Å²) < 4.78 is 24.0. The highest BCUT2D eigenvalue weighted by Crippen LogP contribution is 2.25. The van der Waals surface area contributed by atoms with E-state index in [2.05, 4.69) is 5.32 Å². The largest absolute Gasteiger partial charge is 0.465 e. The Kier molecular flexibility index (Phi) is 8.54. The summed E-state index contributed by atoms with van der Waals surface area (Å²) in [4.78, 5) is 38.3. The zero-order chi connectivity index (χ0) is 23.8. The van der Waals surface area contributed by atoms with Crippen molar-refractivity contribution in [3.63, 3.8) is 0 Å². The highest BCUT2D eigenvalue weighted by molar-refractivity contribution is 5.83. The van der Waals surface area contributed by atoms with Gasteiger partial charge in [0.2, 0.25) is 5.91 Å². The van der Waals surface area contributed by atoms with Gasteiger partial charge in [-0.15, -0.1) is 0 Å². The van der Waals surface area contributed by atoms with E-state index >= 15 is 0 Å². The number of amides is 1. The smallest absolute Gasteiger partial charge is 0.323 e. The third-order valence-electron chi connectivity index (χ3n) is 5.70. The van der Waals surface area contributed by atoms with Crippen molar-refractivity contribution in [2.75, 3.05) is 6.61 Å². The minimum absolute atomic E-state index is 0.174. The van der Waals surface area contributed by atoms with E-state index in [-0.39, 0.29) is 37.8 Å². The van der Waals surface area contributed by atoms with Gasteiger partial charge in [-0.3, -0.25) is 19.7 Å². The van der Waals surface area contributed by atoms with E-state index in [0.29, 0.717) is 18.4 Å². The van der Waals surface area contributed by atoms with Gasteiger partial charge in [-0.05, 0) is 55.5 Å². The zero-order valence-electron chi connectivity index (χ0n) is 18.8. The first-order valence-corrected chi connectivity index (χ1v) is 11.1. The molecular weight excluding hydrogens is 427 g/mol. The number of carbonyl (C=O) groups is 3. The van der Waals surface area contributed by atoms with Crippen LogP contribution in [0.5, 0.6) is 0 Å². The fourth-order valence-electron chi connectivity index (χ4n) is 4.02. The molecule has 3 rings (SSSR count). The molecule has 7 nitrogen and oxygen atoms in total. The average molecular weight is 457 g/mol. The normalized spacial score (nSPS) is 16.9. The molecule has 1 aliphatic rings. The van der Waals surface area contributed by atoms with Gasteiger partial charge in [0.15, 0.2) is 6.23 Å². The van der Waals surface area contributed by atoms with E-state index in [1.54, 1.807) is 19.9 Å². The molecule has 1 aliphatic heterocycles. The van der Waals surface area contributed by atoms with Crippen LogP contribution in [-0.4, -0.2) is 48.2 Å². The summed E-state index contributed by atoms with van der Waals surface area (Å²) in [6.45, 7) is 4.09. The summed E-state index contributed by atoms with van der Waals surface area (Å²) in [6, 6.07) is 12.7. The van der Waals surface area contributed by atoms with Gasteiger partial charge in [-0.25, -0.2) is 4.39 Å². The van der Waals surface area contributed by atoms with Gasteiger partial charge in [0.1, 0.15) is 11.9 Å². The van der Waals surface area contributed by atoms with Crippen LogP contribution in [0, 0.1) is 5.82 Å². The van der Waals surface area contributed by atoms with E-state index in [1.165, 1.54) is 17.0 Å². The van der Waals surface area contributed by atoms with Crippen LogP contribution in [0.1, 0.15) is 37.0 Å². The summed E-state index contributed by atoms with van der Waals surface area (Å²) in [5, 5.41) is 3.09. The molecule has 2 aromatic rings. The van der Waals surface area contributed by atoms with Crippen LogP contribution in [0.4, 0.5) is 4.39 Å². The molecule has 0 fully saturated rings. The number of rotatable bonds is 10. The first kappa shape index (κ1) is 24.4. The maximum atomic E-state index is 13.6. The number of carbonyl (C=O) groups excluding carboxylic acids is 3. The highest BCUT2D eigenvalue weighted by atomic mass is 19.1. The predicted octanol–water partition coefficient (Wildman–Crippen LogP) is 2.75. The summed E-state index contributed by atoms with van der Waals surface area (Å²) in [5.41, 5.74) is 2.55. The Balaban J connectivity index is 1.72. The second kappa shape index (κ2) is 11.6. The van der Waals surface area contributed by atoms with Crippen molar-refractivity contribution < 1.29 is 28.2 Å². The number of hydrogen-bond donors (Lipinski definition) is 1. The minimum Gasteiger partial charge on any atom is -0.465 e. The Hall–Kier alpha value is -3.26. The maximum Gasteiger partial charge on any atom is 0.323 e. The van der Waals surface area contributed by atoms with Gasteiger partial charge in [-0.2, -0.15) is 0 Å². The summed E-state index contributed by atoms with van der Waals surface area (Å²) >= 11 is 0. The van der Waals surface area contributed by atoms with E-state index < -0.39 is 24.3 Å². The molecule has 3 atom stereocenters. The molecule has 1 amide bonds. The fourth-order valence-corrected chi connectivity index (χ4v) is 4.02. The van der Waals surface area contributed by atoms with Crippen molar-refractivity contribution in [3.05, 3.63) is 71.0 Å². The summed E-state index contributed by atoms with van der Waals surface area (Å²) in [6.07, 6.45) is 0.438. The third-order valence-corrected chi connectivity index (χ3v) is 5.70. The van der Waals surface area contributed by atoms with Crippen molar-refractivity contribution in [1.29, 1.82) is 0 Å². The standard InChI is InChI=1S/C25H29FN2O5/c1-3-32-25(31)22(12-9-18-7-5-4-6-8-18)27-17(2)24(30)28-15-19-10-11-21(26)13-20(19)14-23(28)33-16-29/h4-8,10-11,13,16-17,22-23,27H,3,9,12,14-15H2,1-2H3/t17-,22-,23+/m0/s1. The lowest BCUT2D eigenvalue weighted by Gasteiger charge is -2.37. The average Bonchev–Trinajstić information content (AvgIpc) is 2.81. The molecule has 0 bridgehead atoms. The number of benzene rings is 2. The third kappa shape index (κ3) is 6.38. The predicted molar refractivity (Wildman–Crippen MR) is 119 cm³/mol. The number of nitrogens with zero attached hydrogens (tertiary/aromatic N) is 1. The monoisotopic (exact) mass is 456 g/mol. The lowest BCUT2D eigenvalue weighted by Crippen LogP contribution is -2.55. The first-order valence-electron chi connectivity index (χ1n) is 11.1. The Morgan fingerprint density at radius 1 is 1.21 bits per heavy atom. The van der Waals surface area contributed by atoms with Gasteiger partial charge in [0.05, 0.1) is 12.6 Å². The second-order valence-corrected chi connectivity index (χ2v) is 7.99. The molecule has 8 heteroatoms. The Morgan fingerprint density at radius 3 is 2.67 bits per heavy atom. The molecule has 0 aromatic heterocycles. The molecule has 176 valence electrons. The molecule has 0 saturated heterocycles. The van der Waals surface area contributed by atoms with Crippen LogP contribution in [0.2, 0.25) is 0 Å². The Bertz CT molecular complexity index is 969. The van der Waals surface area contributed by atoms with E-state index in [0.717, 1.165) is 11.1 Å². The lowest BCUT2D eigenvalue weighted by molar-refractivity contribution is -0.158. The van der Waals surface area contributed by atoms with Gasteiger partial charge in [0, 0.05) is 13.0 Å². The number of halogens is 1.